The topological polar surface area (TPSA) is 30.5 Å². The maximum atomic E-state index is 5.59. The zero-order valence-corrected chi connectivity index (χ0v) is 12.7. The Balaban J connectivity index is 1.75. The quantitative estimate of drug-likeness (QED) is 0.520. The van der Waals surface area contributed by atoms with Gasteiger partial charge in [-0.15, -0.1) is 0 Å². The Hall–Kier alpha value is -1.06. The van der Waals surface area contributed by atoms with E-state index in [-0.39, 0.29) is 0 Å². The SMILES string of the molecule is CCCNC(CC)c1ccc(OCOCC2CC2)cc1. The van der Waals surface area contributed by atoms with Gasteiger partial charge in [0.2, 0.25) is 0 Å². The summed E-state index contributed by atoms with van der Waals surface area (Å²) in [7, 11) is 0. The normalized spacial score (nSPS) is 16.1. The summed E-state index contributed by atoms with van der Waals surface area (Å²) in [4.78, 5) is 0. The number of hydrogen-bond acceptors (Lipinski definition) is 3. The van der Waals surface area contributed by atoms with E-state index in [4.69, 9.17) is 9.47 Å². The van der Waals surface area contributed by atoms with Crippen LogP contribution in [0.3, 0.4) is 0 Å². The molecule has 0 amide bonds. The van der Waals surface area contributed by atoms with Gasteiger partial charge in [-0.1, -0.05) is 26.0 Å². The Bertz CT molecular complexity index is 373. The molecule has 0 aromatic heterocycles. The Morgan fingerprint density at radius 2 is 1.95 bits per heavy atom. The van der Waals surface area contributed by atoms with Crippen LogP contribution in [0.4, 0.5) is 0 Å². The van der Waals surface area contributed by atoms with E-state index in [1.54, 1.807) is 0 Å². The molecule has 1 aromatic carbocycles. The van der Waals surface area contributed by atoms with Gasteiger partial charge in [-0.2, -0.15) is 0 Å². The van der Waals surface area contributed by atoms with Gasteiger partial charge < -0.3 is 14.8 Å². The van der Waals surface area contributed by atoms with Gasteiger partial charge >= 0.3 is 0 Å². The molecule has 2 rings (SSSR count). The molecule has 0 heterocycles. The molecule has 1 atom stereocenters. The van der Waals surface area contributed by atoms with E-state index >= 15 is 0 Å². The van der Waals surface area contributed by atoms with Crippen molar-refractivity contribution >= 4 is 0 Å². The minimum Gasteiger partial charge on any atom is -0.468 e. The number of hydrogen-bond donors (Lipinski definition) is 1. The first-order valence-electron chi connectivity index (χ1n) is 7.87. The van der Waals surface area contributed by atoms with Crippen molar-refractivity contribution in [2.24, 2.45) is 5.92 Å². The second-order valence-electron chi connectivity index (χ2n) is 5.56. The fraction of sp³-hybridized carbons (Fsp3) is 0.647. The maximum Gasteiger partial charge on any atom is 0.189 e. The first-order chi connectivity index (χ1) is 9.83. The van der Waals surface area contributed by atoms with Crippen molar-refractivity contribution in [3.8, 4) is 5.75 Å². The molecule has 3 nitrogen and oxygen atoms in total. The number of benzene rings is 1. The van der Waals surface area contributed by atoms with Crippen molar-refractivity contribution in [1.82, 2.24) is 5.32 Å². The molecular formula is C17H27NO2. The summed E-state index contributed by atoms with van der Waals surface area (Å²) < 4.78 is 11.1. The summed E-state index contributed by atoms with van der Waals surface area (Å²) in [6.45, 7) is 6.67. The molecule has 1 fully saturated rings. The van der Waals surface area contributed by atoms with Crippen molar-refractivity contribution in [3.05, 3.63) is 29.8 Å². The van der Waals surface area contributed by atoms with Crippen LogP contribution in [0.2, 0.25) is 0 Å². The van der Waals surface area contributed by atoms with Crippen molar-refractivity contribution in [1.29, 1.82) is 0 Å². The van der Waals surface area contributed by atoms with Gasteiger partial charge in [0.05, 0.1) is 6.61 Å². The Morgan fingerprint density at radius 3 is 2.55 bits per heavy atom. The standard InChI is InChI=1S/C17H27NO2/c1-3-11-18-17(4-2)15-7-9-16(10-8-15)20-13-19-12-14-5-6-14/h7-10,14,17-18H,3-6,11-13H2,1-2H3. The van der Waals surface area contributed by atoms with E-state index < -0.39 is 0 Å². The van der Waals surface area contributed by atoms with Crippen LogP contribution in [0.1, 0.15) is 51.1 Å². The van der Waals surface area contributed by atoms with E-state index in [0.717, 1.165) is 37.7 Å². The third-order valence-electron chi connectivity index (χ3n) is 3.69. The van der Waals surface area contributed by atoms with Gasteiger partial charge in [-0.3, -0.25) is 0 Å². The lowest BCUT2D eigenvalue weighted by Gasteiger charge is -2.17. The number of ether oxygens (including phenoxy) is 2. The second-order valence-corrected chi connectivity index (χ2v) is 5.56. The molecule has 0 aliphatic heterocycles. The molecule has 0 spiro atoms. The molecule has 1 N–H and O–H groups in total. The highest BCUT2D eigenvalue weighted by Crippen LogP contribution is 2.28. The lowest BCUT2D eigenvalue weighted by molar-refractivity contribution is 0.00997. The smallest absolute Gasteiger partial charge is 0.189 e. The van der Waals surface area contributed by atoms with Crippen LogP contribution in [0, 0.1) is 5.92 Å². The van der Waals surface area contributed by atoms with E-state index in [2.05, 4.69) is 31.3 Å². The van der Waals surface area contributed by atoms with Crippen LogP contribution >= 0.6 is 0 Å². The van der Waals surface area contributed by atoms with E-state index in [1.165, 1.54) is 18.4 Å². The van der Waals surface area contributed by atoms with E-state index in [0.29, 0.717) is 12.8 Å². The predicted octanol–water partition coefficient (Wildman–Crippen LogP) is 3.90. The lowest BCUT2D eigenvalue weighted by Crippen LogP contribution is -2.21. The molecule has 1 aliphatic rings. The Morgan fingerprint density at radius 1 is 1.20 bits per heavy atom. The third-order valence-corrected chi connectivity index (χ3v) is 3.69. The van der Waals surface area contributed by atoms with Gasteiger partial charge in [-0.05, 0) is 55.8 Å². The van der Waals surface area contributed by atoms with Gasteiger partial charge in [-0.25, -0.2) is 0 Å². The van der Waals surface area contributed by atoms with Crippen molar-refractivity contribution in [2.45, 2.75) is 45.6 Å². The van der Waals surface area contributed by atoms with Gasteiger partial charge in [0.25, 0.3) is 0 Å². The van der Waals surface area contributed by atoms with Crippen LogP contribution in [0.5, 0.6) is 5.75 Å². The molecule has 1 saturated carbocycles. The highest BCUT2D eigenvalue weighted by atomic mass is 16.7. The van der Waals surface area contributed by atoms with Crippen molar-refractivity contribution in [2.75, 3.05) is 19.9 Å². The van der Waals surface area contributed by atoms with Crippen molar-refractivity contribution in [3.63, 3.8) is 0 Å². The largest absolute Gasteiger partial charge is 0.468 e. The summed E-state index contributed by atoms with van der Waals surface area (Å²) in [5, 5.41) is 3.56. The highest BCUT2D eigenvalue weighted by Gasteiger charge is 2.21. The summed E-state index contributed by atoms with van der Waals surface area (Å²) in [6.07, 6.45) is 4.90. The molecule has 0 radical (unpaired) electrons. The second kappa shape index (κ2) is 8.28. The Labute approximate surface area is 122 Å². The molecule has 20 heavy (non-hydrogen) atoms. The first kappa shape index (κ1) is 15.3. The average Bonchev–Trinajstić information content (AvgIpc) is 3.30. The summed E-state index contributed by atoms with van der Waals surface area (Å²) in [5.41, 5.74) is 1.33. The van der Waals surface area contributed by atoms with Crippen LogP contribution in [0.25, 0.3) is 0 Å². The van der Waals surface area contributed by atoms with Crippen LogP contribution in [-0.4, -0.2) is 19.9 Å². The molecule has 1 aromatic rings. The Kier molecular flexibility index (Phi) is 6.34. The zero-order valence-electron chi connectivity index (χ0n) is 12.7. The molecule has 3 heteroatoms. The average molecular weight is 277 g/mol. The fourth-order valence-corrected chi connectivity index (χ4v) is 2.22. The van der Waals surface area contributed by atoms with Crippen LogP contribution in [-0.2, 0) is 4.74 Å². The van der Waals surface area contributed by atoms with Crippen LogP contribution < -0.4 is 10.1 Å². The molecular weight excluding hydrogens is 250 g/mol. The molecule has 112 valence electrons. The fourth-order valence-electron chi connectivity index (χ4n) is 2.22. The van der Waals surface area contributed by atoms with Gasteiger partial charge in [0.1, 0.15) is 5.75 Å². The number of rotatable bonds is 10. The van der Waals surface area contributed by atoms with Gasteiger partial charge in [0.15, 0.2) is 6.79 Å². The minimum atomic E-state index is 0.362. The van der Waals surface area contributed by atoms with E-state index in [9.17, 15) is 0 Å². The third kappa shape index (κ3) is 5.14. The minimum absolute atomic E-state index is 0.362. The number of nitrogens with one attached hydrogen (secondary N) is 1. The summed E-state index contributed by atoms with van der Waals surface area (Å²) in [5.74, 6) is 1.67. The molecule has 0 bridgehead atoms. The summed E-state index contributed by atoms with van der Waals surface area (Å²) >= 11 is 0. The van der Waals surface area contributed by atoms with Crippen LogP contribution in [0.15, 0.2) is 24.3 Å². The van der Waals surface area contributed by atoms with E-state index in [1.807, 2.05) is 12.1 Å². The first-order valence-corrected chi connectivity index (χ1v) is 7.87. The van der Waals surface area contributed by atoms with Crippen molar-refractivity contribution < 1.29 is 9.47 Å². The highest BCUT2D eigenvalue weighted by molar-refractivity contribution is 5.29. The molecule has 0 saturated heterocycles. The monoisotopic (exact) mass is 277 g/mol. The molecule has 1 unspecified atom stereocenters. The summed E-state index contributed by atoms with van der Waals surface area (Å²) in [6, 6.07) is 8.80. The maximum absolute atomic E-state index is 5.59. The lowest BCUT2D eigenvalue weighted by atomic mass is 10.0. The predicted molar refractivity (Wildman–Crippen MR) is 81.9 cm³/mol. The molecule has 1 aliphatic carbocycles. The van der Waals surface area contributed by atoms with Gasteiger partial charge in [0, 0.05) is 6.04 Å². The zero-order chi connectivity index (χ0) is 14.2.